The van der Waals surface area contributed by atoms with Gasteiger partial charge in [-0.1, -0.05) is 81.4 Å². The minimum atomic E-state index is 0.0145. The average molecular weight is 602 g/mol. The summed E-state index contributed by atoms with van der Waals surface area (Å²) >= 11 is 0. The van der Waals surface area contributed by atoms with Crippen LogP contribution in [0.15, 0.2) is 24.7 Å². The van der Waals surface area contributed by atoms with Crippen LogP contribution in [-0.4, -0.2) is 34.6 Å². The van der Waals surface area contributed by atoms with E-state index in [4.69, 9.17) is 0 Å². The van der Waals surface area contributed by atoms with E-state index in [1.54, 1.807) is 6.20 Å². The maximum Gasteiger partial charge on any atom is 0.0909 e. The summed E-state index contributed by atoms with van der Waals surface area (Å²) in [5.41, 5.74) is 5.37. The second-order valence-corrected chi connectivity index (χ2v) is 16.7. The molecule has 0 aliphatic heterocycles. The molecular weight excluding hydrogens is 530 g/mol. The Bertz CT molecular complexity index is 1010. The number of rotatable bonds is 0. The van der Waals surface area contributed by atoms with Crippen molar-refractivity contribution in [2.45, 2.75) is 180 Å². The van der Waals surface area contributed by atoms with E-state index < -0.39 is 0 Å². The molecular formula is C36H71N7. The zero-order chi connectivity index (χ0) is 34.8. The van der Waals surface area contributed by atoms with E-state index in [1.807, 2.05) is 41.7 Å². The highest BCUT2D eigenvalue weighted by molar-refractivity contribution is 5.25. The monoisotopic (exact) mass is 602 g/mol. The fourth-order valence-corrected chi connectivity index (χ4v) is 4.15. The van der Waals surface area contributed by atoms with Crippen LogP contribution in [0.3, 0.4) is 0 Å². The molecule has 0 bridgehead atoms. The lowest BCUT2D eigenvalue weighted by atomic mass is 9.87. The molecule has 0 atom stereocenters. The Balaban J connectivity index is 0. The summed E-state index contributed by atoms with van der Waals surface area (Å²) in [6.45, 7) is 47.2. The summed E-state index contributed by atoms with van der Waals surface area (Å²) < 4.78 is 6.04. The highest BCUT2D eigenvalue weighted by Crippen LogP contribution is 2.28. The highest BCUT2D eigenvalue weighted by atomic mass is 15.5. The number of hydrogen-bond donors (Lipinski definition) is 0. The first-order valence-corrected chi connectivity index (χ1v) is 16.1. The van der Waals surface area contributed by atoms with E-state index in [-0.39, 0.29) is 27.4 Å². The second-order valence-electron chi connectivity index (χ2n) is 16.7. The maximum atomic E-state index is 4.47. The molecule has 43 heavy (non-hydrogen) atoms. The summed E-state index contributed by atoms with van der Waals surface area (Å²) in [6, 6.07) is 1.94. The molecule has 3 aromatic rings. The predicted molar refractivity (Wildman–Crippen MR) is 188 cm³/mol. The van der Waals surface area contributed by atoms with Gasteiger partial charge in [0.25, 0.3) is 0 Å². The van der Waals surface area contributed by atoms with Crippen LogP contribution >= 0.6 is 0 Å². The van der Waals surface area contributed by atoms with Crippen molar-refractivity contribution < 1.29 is 0 Å². The molecule has 0 spiro atoms. The normalized spacial score (nSPS) is 12.2. The van der Waals surface area contributed by atoms with Gasteiger partial charge in [0.15, 0.2) is 0 Å². The Kier molecular flexibility index (Phi) is 16.5. The molecule has 0 aromatic carbocycles. The van der Waals surface area contributed by atoms with Crippen molar-refractivity contribution in [3.05, 3.63) is 47.3 Å². The summed E-state index contributed by atoms with van der Waals surface area (Å²) in [5.74, 6) is 0.833. The summed E-state index contributed by atoms with van der Waals surface area (Å²) in [4.78, 5) is 0. The van der Waals surface area contributed by atoms with Crippen LogP contribution in [0.2, 0.25) is 0 Å². The van der Waals surface area contributed by atoms with E-state index in [2.05, 4.69) is 164 Å². The van der Waals surface area contributed by atoms with Gasteiger partial charge in [0.2, 0.25) is 0 Å². The summed E-state index contributed by atoms with van der Waals surface area (Å²) in [7, 11) is 0. The molecule has 0 saturated carbocycles. The molecule has 0 radical (unpaired) electrons. The summed E-state index contributed by atoms with van der Waals surface area (Å²) in [5, 5.41) is 17.1. The van der Waals surface area contributed by atoms with Crippen LogP contribution in [0.1, 0.15) is 161 Å². The fourth-order valence-electron chi connectivity index (χ4n) is 4.15. The van der Waals surface area contributed by atoms with Crippen molar-refractivity contribution in [2.24, 2.45) is 5.92 Å². The lowest BCUT2D eigenvalue weighted by Gasteiger charge is -2.24. The third kappa shape index (κ3) is 15.2. The molecule has 0 saturated heterocycles. The number of hydrogen-bond acceptors (Lipinski definition) is 4. The molecule has 7 heteroatoms. The Labute approximate surface area is 267 Å². The van der Waals surface area contributed by atoms with Crippen LogP contribution in [0.4, 0.5) is 0 Å². The van der Waals surface area contributed by atoms with Crippen molar-refractivity contribution >= 4 is 0 Å². The molecule has 7 nitrogen and oxygen atoms in total. The van der Waals surface area contributed by atoms with E-state index >= 15 is 0 Å². The van der Waals surface area contributed by atoms with Crippen LogP contribution in [0.5, 0.6) is 0 Å². The van der Waals surface area contributed by atoms with E-state index in [1.165, 1.54) is 17.0 Å². The van der Waals surface area contributed by atoms with Gasteiger partial charge in [0.1, 0.15) is 0 Å². The average Bonchev–Trinajstić information content (AvgIpc) is 3.52. The van der Waals surface area contributed by atoms with Crippen LogP contribution < -0.4 is 0 Å². The molecule has 0 unspecified atom stereocenters. The van der Waals surface area contributed by atoms with E-state index in [0.717, 1.165) is 11.6 Å². The lowest BCUT2D eigenvalue weighted by Crippen LogP contribution is -2.25. The first-order chi connectivity index (χ1) is 19.1. The molecule has 3 aromatic heterocycles. The standard InChI is InChI=1S/C12H22N2.C11H21N3.C7H12N2.C4H10.C2H6/c1-9-10(11(2,3)4)8-13-14(9)12(5,6)7;1-8-9(10(2,3)4)12-13-14(8)11(5,6)7;1-7(2,3)9-6-4-5-8-9;1-4(2)3;1-2/h8H,1-7H3;1-7H3;4-6H,1-3H3;4H,1-3H3;1-2H3. The molecule has 250 valence electrons. The Morgan fingerprint density at radius 3 is 1.23 bits per heavy atom. The van der Waals surface area contributed by atoms with Gasteiger partial charge in [-0.2, -0.15) is 10.2 Å². The zero-order valence-electron chi connectivity index (χ0n) is 32.5. The second kappa shape index (κ2) is 16.6. The molecule has 3 rings (SSSR count). The third-order valence-corrected chi connectivity index (χ3v) is 5.89. The molecule has 0 N–H and O–H groups in total. The third-order valence-electron chi connectivity index (χ3n) is 5.89. The first kappa shape index (κ1) is 42.7. The fraction of sp³-hybridized carbons (Fsp3) is 0.778. The quantitative estimate of drug-likeness (QED) is 0.257. The maximum absolute atomic E-state index is 4.47. The van der Waals surface area contributed by atoms with Gasteiger partial charge in [0.05, 0.1) is 34.2 Å². The van der Waals surface area contributed by atoms with Gasteiger partial charge in [-0.25, -0.2) is 4.68 Å². The van der Waals surface area contributed by atoms with Crippen molar-refractivity contribution in [1.82, 2.24) is 34.6 Å². The van der Waals surface area contributed by atoms with Crippen LogP contribution in [-0.2, 0) is 27.4 Å². The zero-order valence-corrected chi connectivity index (χ0v) is 32.5. The minimum absolute atomic E-state index is 0.0145. The Morgan fingerprint density at radius 1 is 0.605 bits per heavy atom. The van der Waals surface area contributed by atoms with Crippen molar-refractivity contribution in [1.29, 1.82) is 0 Å². The first-order valence-electron chi connectivity index (χ1n) is 16.1. The lowest BCUT2D eigenvalue weighted by molar-refractivity contribution is 0.339. The number of nitrogens with zero attached hydrogens (tertiary/aromatic N) is 7. The van der Waals surface area contributed by atoms with Gasteiger partial charge >= 0.3 is 0 Å². The van der Waals surface area contributed by atoms with E-state index in [9.17, 15) is 0 Å². The highest BCUT2D eigenvalue weighted by Gasteiger charge is 2.26. The summed E-state index contributed by atoms with van der Waals surface area (Å²) in [6.07, 6.45) is 5.77. The van der Waals surface area contributed by atoms with Gasteiger partial charge in [-0.3, -0.25) is 9.36 Å². The predicted octanol–water partition coefficient (Wildman–Crippen LogP) is 10.2. The molecule has 0 aliphatic rings. The number of aromatic nitrogens is 7. The van der Waals surface area contributed by atoms with E-state index in [0.29, 0.717) is 0 Å². The Morgan fingerprint density at radius 2 is 1.05 bits per heavy atom. The topological polar surface area (TPSA) is 66.3 Å². The molecule has 0 amide bonds. The Hall–Kier alpha value is -2.44. The smallest absolute Gasteiger partial charge is 0.0909 e. The largest absolute Gasteiger partial charge is 0.268 e. The SMILES string of the molecule is CC.CC(C)(C)n1cccn1.CC(C)C.Cc1c(C(C)(C)C)cnn1C(C)(C)C.Cc1c(C(C)(C)C)nnn1C(C)(C)C. The van der Waals surface area contributed by atoms with Gasteiger partial charge < -0.3 is 0 Å². The minimum Gasteiger partial charge on any atom is -0.268 e. The van der Waals surface area contributed by atoms with Crippen LogP contribution in [0, 0.1) is 19.8 Å². The van der Waals surface area contributed by atoms with Crippen molar-refractivity contribution in [2.75, 3.05) is 0 Å². The van der Waals surface area contributed by atoms with Crippen molar-refractivity contribution in [3.63, 3.8) is 0 Å². The van der Waals surface area contributed by atoms with Crippen molar-refractivity contribution in [3.8, 4) is 0 Å². The van der Waals surface area contributed by atoms with Crippen LogP contribution in [0.25, 0.3) is 0 Å². The molecule has 0 fully saturated rings. The van der Waals surface area contributed by atoms with Gasteiger partial charge in [-0.05, 0) is 99.1 Å². The molecule has 0 aliphatic carbocycles. The molecule has 3 heterocycles. The van der Waals surface area contributed by atoms with Gasteiger partial charge in [0, 0.05) is 23.5 Å². The van der Waals surface area contributed by atoms with Gasteiger partial charge in [-0.15, -0.1) is 5.10 Å².